The third-order valence-corrected chi connectivity index (χ3v) is 6.02. The lowest BCUT2D eigenvalue weighted by molar-refractivity contribution is -0.119. The number of aryl methyl sites for hydroxylation is 1. The summed E-state index contributed by atoms with van der Waals surface area (Å²) >= 11 is 2.83. The highest BCUT2D eigenvalue weighted by Crippen LogP contribution is 2.23. The number of nitrogens with one attached hydrogen (secondary N) is 1. The SMILES string of the molecule is CCC[C@@H](NC(=O)CSc1nc2ccccc2n(C)c1=O)c1cccs1. The fourth-order valence-electron chi connectivity index (χ4n) is 2.78. The van der Waals surface area contributed by atoms with Gasteiger partial charge in [-0.1, -0.05) is 43.3 Å². The first-order valence-electron chi connectivity index (χ1n) is 8.51. The number of nitrogens with zero attached hydrogens (tertiary/aromatic N) is 2. The average Bonchev–Trinajstić information content (AvgIpc) is 3.18. The molecule has 0 unspecified atom stereocenters. The highest BCUT2D eigenvalue weighted by molar-refractivity contribution is 7.99. The molecule has 0 aliphatic heterocycles. The lowest BCUT2D eigenvalue weighted by atomic mass is 10.1. The van der Waals surface area contributed by atoms with Crippen molar-refractivity contribution in [3.63, 3.8) is 0 Å². The molecule has 26 heavy (non-hydrogen) atoms. The van der Waals surface area contributed by atoms with Crippen LogP contribution in [-0.4, -0.2) is 21.2 Å². The number of benzene rings is 1. The van der Waals surface area contributed by atoms with Crippen LogP contribution < -0.4 is 10.9 Å². The van der Waals surface area contributed by atoms with Crippen LogP contribution >= 0.6 is 23.1 Å². The molecule has 1 aromatic carbocycles. The standard InChI is InChI=1S/C19H21N3O2S2/c1-3-7-14(16-10-6-11-25-16)20-17(23)12-26-18-19(24)22(2)15-9-5-4-8-13(15)21-18/h4-6,8-11,14H,3,7,12H2,1-2H3,(H,20,23)/t14-/m1/s1. The second kappa shape index (κ2) is 8.51. The van der Waals surface area contributed by atoms with Gasteiger partial charge in [-0.25, -0.2) is 4.98 Å². The summed E-state index contributed by atoms with van der Waals surface area (Å²) in [6.45, 7) is 2.10. The summed E-state index contributed by atoms with van der Waals surface area (Å²) in [4.78, 5) is 30.4. The van der Waals surface area contributed by atoms with Crippen molar-refractivity contribution < 1.29 is 4.79 Å². The normalized spacial score (nSPS) is 12.2. The van der Waals surface area contributed by atoms with E-state index in [0.29, 0.717) is 5.03 Å². The van der Waals surface area contributed by atoms with Crippen LogP contribution in [0.1, 0.15) is 30.7 Å². The topological polar surface area (TPSA) is 64.0 Å². The molecule has 1 amide bonds. The van der Waals surface area contributed by atoms with Crippen molar-refractivity contribution in [2.45, 2.75) is 30.8 Å². The van der Waals surface area contributed by atoms with E-state index in [1.165, 1.54) is 11.8 Å². The van der Waals surface area contributed by atoms with E-state index < -0.39 is 0 Å². The zero-order chi connectivity index (χ0) is 18.5. The fraction of sp³-hybridized carbons (Fsp3) is 0.316. The monoisotopic (exact) mass is 387 g/mol. The maximum absolute atomic E-state index is 12.5. The Hall–Kier alpha value is -2.12. The molecule has 0 fully saturated rings. The molecule has 0 radical (unpaired) electrons. The Morgan fingerprint density at radius 1 is 1.31 bits per heavy atom. The number of aromatic nitrogens is 2. The minimum absolute atomic E-state index is 0.0282. The number of fused-ring (bicyclic) bond motifs is 1. The lowest BCUT2D eigenvalue weighted by Gasteiger charge is -2.16. The van der Waals surface area contributed by atoms with Gasteiger partial charge >= 0.3 is 0 Å². The molecule has 2 heterocycles. The minimum Gasteiger partial charge on any atom is -0.348 e. The molecule has 0 bridgehead atoms. The number of thioether (sulfide) groups is 1. The van der Waals surface area contributed by atoms with Crippen molar-refractivity contribution in [3.05, 3.63) is 57.0 Å². The number of carbonyl (C=O) groups is 1. The van der Waals surface area contributed by atoms with Crippen molar-refractivity contribution in [2.24, 2.45) is 7.05 Å². The molecule has 0 aliphatic carbocycles. The Kier molecular flexibility index (Phi) is 6.11. The molecule has 0 spiro atoms. The molecule has 136 valence electrons. The quantitative estimate of drug-likeness (QED) is 0.627. The van der Waals surface area contributed by atoms with E-state index in [4.69, 9.17) is 0 Å². The van der Waals surface area contributed by atoms with Gasteiger partial charge < -0.3 is 9.88 Å². The average molecular weight is 388 g/mol. The van der Waals surface area contributed by atoms with Crippen LogP contribution in [0.15, 0.2) is 51.6 Å². The highest BCUT2D eigenvalue weighted by Gasteiger charge is 2.16. The smallest absolute Gasteiger partial charge is 0.283 e. The first-order chi connectivity index (χ1) is 12.6. The first-order valence-corrected chi connectivity index (χ1v) is 10.4. The molecular weight excluding hydrogens is 366 g/mol. The fourth-order valence-corrected chi connectivity index (χ4v) is 4.37. The van der Waals surface area contributed by atoms with Crippen LogP contribution in [0.3, 0.4) is 0 Å². The molecule has 0 aliphatic rings. The Balaban J connectivity index is 1.70. The molecule has 0 saturated heterocycles. The van der Waals surface area contributed by atoms with Crippen LogP contribution in [0, 0.1) is 0 Å². The number of thiophene rings is 1. The van der Waals surface area contributed by atoms with E-state index in [9.17, 15) is 9.59 Å². The molecule has 1 N–H and O–H groups in total. The third-order valence-electron chi connectivity index (χ3n) is 4.09. The molecule has 2 aromatic heterocycles. The number of hydrogen-bond acceptors (Lipinski definition) is 5. The van der Waals surface area contributed by atoms with Gasteiger partial charge in [0.2, 0.25) is 5.91 Å². The van der Waals surface area contributed by atoms with Gasteiger partial charge in [-0.3, -0.25) is 9.59 Å². The van der Waals surface area contributed by atoms with Crippen molar-refractivity contribution in [2.75, 3.05) is 5.75 Å². The number of amides is 1. The predicted molar refractivity (Wildman–Crippen MR) is 108 cm³/mol. The van der Waals surface area contributed by atoms with Crippen LogP contribution in [0.4, 0.5) is 0 Å². The molecule has 1 atom stereocenters. The number of para-hydroxylation sites is 2. The summed E-state index contributed by atoms with van der Waals surface area (Å²) in [5.41, 5.74) is 1.36. The lowest BCUT2D eigenvalue weighted by Crippen LogP contribution is -2.30. The van der Waals surface area contributed by atoms with Crippen molar-refractivity contribution in [1.29, 1.82) is 0 Å². The molecular formula is C19H21N3O2S2. The highest BCUT2D eigenvalue weighted by atomic mass is 32.2. The molecule has 5 nitrogen and oxygen atoms in total. The van der Waals surface area contributed by atoms with Crippen molar-refractivity contribution in [3.8, 4) is 0 Å². The number of rotatable bonds is 7. The van der Waals surface area contributed by atoms with E-state index in [2.05, 4.69) is 17.2 Å². The zero-order valence-electron chi connectivity index (χ0n) is 14.8. The van der Waals surface area contributed by atoms with Gasteiger partial charge in [0, 0.05) is 11.9 Å². The molecule has 7 heteroatoms. The minimum atomic E-state index is -0.176. The van der Waals surface area contributed by atoms with Crippen molar-refractivity contribution in [1.82, 2.24) is 14.9 Å². The Labute approximate surface area is 160 Å². The van der Waals surface area contributed by atoms with Crippen LogP contribution in [0.2, 0.25) is 0 Å². The molecule has 3 aromatic rings. The van der Waals surface area contributed by atoms with E-state index in [0.717, 1.165) is 28.8 Å². The van der Waals surface area contributed by atoms with E-state index in [1.807, 2.05) is 41.8 Å². The second-order valence-corrected chi connectivity index (χ2v) is 7.93. The summed E-state index contributed by atoms with van der Waals surface area (Å²) in [5.74, 6) is 0.0884. The van der Waals surface area contributed by atoms with E-state index >= 15 is 0 Å². The predicted octanol–water partition coefficient (Wildman–Crippen LogP) is 3.74. The maximum atomic E-state index is 12.5. The van der Waals surface area contributed by atoms with E-state index in [-0.39, 0.29) is 23.3 Å². The van der Waals surface area contributed by atoms with Crippen LogP contribution in [0.5, 0.6) is 0 Å². The van der Waals surface area contributed by atoms with Crippen LogP contribution in [-0.2, 0) is 11.8 Å². The summed E-state index contributed by atoms with van der Waals surface area (Å²) in [6, 6.07) is 11.6. The summed E-state index contributed by atoms with van der Waals surface area (Å²) in [7, 11) is 1.73. The number of hydrogen-bond donors (Lipinski definition) is 1. The Morgan fingerprint density at radius 3 is 2.85 bits per heavy atom. The van der Waals surface area contributed by atoms with E-state index in [1.54, 1.807) is 23.0 Å². The molecule has 3 rings (SSSR count). The Morgan fingerprint density at radius 2 is 2.12 bits per heavy atom. The largest absolute Gasteiger partial charge is 0.348 e. The van der Waals surface area contributed by atoms with Gasteiger partial charge in [0.05, 0.1) is 22.8 Å². The Bertz CT molecular complexity index is 951. The van der Waals surface area contributed by atoms with Gasteiger partial charge in [0.15, 0.2) is 5.03 Å². The second-order valence-electron chi connectivity index (χ2n) is 5.98. The van der Waals surface area contributed by atoms with Crippen molar-refractivity contribution >= 4 is 40.0 Å². The molecule has 0 saturated carbocycles. The van der Waals surface area contributed by atoms with Gasteiger partial charge in [-0.2, -0.15) is 0 Å². The zero-order valence-corrected chi connectivity index (χ0v) is 16.4. The van der Waals surface area contributed by atoms with Gasteiger partial charge in [0.1, 0.15) is 0 Å². The first kappa shape index (κ1) is 18.7. The summed E-state index contributed by atoms with van der Waals surface area (Å²) in [5, 5.41) is 5.44. The summed E-state index contributed by atoms with van der Waals surface area (Å²) < 4.78 is 1.58. The van der Waals surface area contributed by atoms with Gasteiger partial charge in [0.25, 0.3) is 5.56 Å². The number of carbonyl (C=O) groups excluding carboxylic acids is 1. The summed E-state index contributed by atoms with van der Waals surface area (Å²) in [6.07, 6.45) is 1.88. The van der Waals surface area contributed by atoms with Crippen LogP contribution in [0.25, 0.3) is 11.0 Å². The van der Waals surface area contributed by atoms with Gasteiger partial charge in [-0.05, 0) is 30.0 Å². The third kappa shape index (κ3) is 4.16. The van der Waals surface area contributed by atoms with Gasteiger partial charge in [-0.15, -0.1) is 11.3 Å². The maximum Gasteiger partial charge on any atom is 0.283 e.